The predicted octanol–water partition coefficient (Wildman–Crippen LogP) is 5.43. The molecular weight excluding hydrogens is 414 g/mol. The van der Waals surface area contributed by atoms with Crippen molar-refractivity contribution in [2.75, 3.05) is 6.61 Å². The van der Waals surface area contributed by atoms with Crippen molar-refractivity contribution < 1.29 is 14.3 Å². The van der Waals surface area contributed by atoms with Crippen molar-refractivity contribution in [2.24, 2.45) is 0 Å². The molecule has 0 aliphatic heterocycles. The first kappa shape index (κ1) is 20.6. The van der Waals surface area contributed by atoms with E-state index < -0.39 is 5.97 Å². The second kappa shape index (κ2) is 8.31. The van der Waals surface area contributed by atoms with Gasteiger partial charge in [-0.2, -0.15) is 0 Å². The highest BCUT2D eigenvalue weighted by atomic mass is 16.5. The lowest BCUT2D eigenvalue weighted by Crippen LogP contribution is -2.15. The fraction of sp³-hybridized carbons (Fsp3) is 0.111. The number of ether oxygens (including phenoxy) is 1. The van der Waals surface area contributed by atoms with E-state index in [2.05, 4.69) is 15.0 Å². The molecule has 0 bridgehead atoms. The number of H-pyrrole nitrogens is 1. The first-order valence-electron chi connectivity index (χ1n) is 10.6. The summed E-state index contributed by atoms with van der Waals surface area (Å²) in [7, 11) is 0. The zero-order valence-electron chi connectivity index (χ0n) is 18.3. The molecular formula is C27H21N3O3. The quantitative estimate of drug-likeness (QED) is 0.294. The Hall–Kier alpha value is -4.32. The number of esters is 1. The molecule has 33 heavy (non-hydrogen) atoms. The largest absolute Gasteiger partial charge is 0.454 e. The molecule has 2 heterocycles. The smallest absolute Gasteiger partial charge is 0.338 e. The van der Waals surface area contributed by atoms with Gasteiger partial charge >= 0.3 is 5.97 Å². The number of nitrogens with one attached hydrogen (secondary N) is 1. The third-order valence-electron chi connectivity index (χ3n) is 5.69. The third-order valence-corrected chi connectivity index (χ3v) is 5.69. The molecule has 6 heteroatoms. The fourth-order valence-electron chi connectivity index (χ4n) is 3.90. The number of rotatable bonds is 5. The minimum atomic E-state index is -0.577. The van der Waals surface area contributed by atoms with E-state index in [0.29, 0.717) is 27.9 Å². The normalized spacial score (nSPS) is 11.1. The molecule has 2 aromatic heterocycles. The van der Waals surface area contributed by atoms with Gasteiger partial charge < -0.3 is 9.72 Å². The van der Waals surface area contributed by atoms with Gasteiger partial charge in [0.1, 0.15) is 0 Å². The van der Waals surface area contributed by atoms with Crippen LogP contribution in [0, 0.1) is 13.8 Å². The Morgan fingerprint density at radius 2 is 1.55 bits per heavy atom. The van der Waals surface area contributed by atoms with E-state index in [4.69, 9.17) is 4.74 Å². The Labute approximate surface area is 190 Å². The highest BCUT2D eigenvalue weighted by molar-refractivity contribution is 6.14. The van der Waals surface area contributed by atoms with Crippen LogP contribution in [0.15, 0.2) is 72.8 Å². The van der Waals surface area contributed by atoms with Gasteiger partial charge in [0.15, 0.2) is 6.61 Å². The summed E-state index contributed by atoms with van der Waals surface area (Å²) in [6, 6.07) is 22.3. The second-order valence-electron chi connectivity index (χ2n) is 7.88. The van der Waals surface area contributed by atoms with Crippen molar-refractivity contribution >= 4 is 33.7 Å². The lowest BCUT2D eigenvalue weighted by Gasteiger charge is -2.08. The maximum Gasteiger partial charge on any atom is 0.338 e. The maximum absolute atomic E-state index is 13.2. The number of hydrogen-bond acceptors (Lipinski definition) is 5. The summed E-state index contributed by atoms with van der Waals surface area (Å²) in [5.41, 5.74) is 6.26. The van der Waals surface area contributed by atoms with Gasteiger partial charge in [0.25, 0.3) is 0 Å². The molecule has 5 rings (SSSR count). The SMILES string of the molecule is Cc1nc2ccc(C(=O)OCC(=O)c3c(-c4ccccc4)[nH]c4ccccc34)cc2nc1C. The first-order chi connectivity index (χ1) is 16.0. The van der Waals surface area contributed by atoms with Gasteiger partial charge in [-0.25, -0.2) is 14.8 Å². The number of nitrogens with zero attached hydrogens (tertiary/aromatic N) is 2. The number of aromatic nitrogens is 3. The summed E-state index contributed by atoms with van der Waals surface area (Å²) in [5, 5.41) is 0.796. The Kier molecular flexibility index (Phi) is 5.18. The topological polar surface area (TPSA) is 84.9 Å². The number of carbonyl (C=O) groups is 2. The molecule has 5 aromatic rings. The van der Waals surface area contributed by atoms with Crippen LogP contribution in [0.5, 0.6) is 0 Å². The van der Waals surface area contributed by atoms with Gasteiger partial charge in [0.2, 0.25) is 5.78 Å². The van der Waals surface area contributed by atoms with Crippen molar-refractivity contribution in [2.45, 2.75) is 13.8 Å². The highest BCUT2D eigenvalue weighted by Crippen LogP contribution is 2.30. The molecule has 0 unspecified atom stereocenters. The van der Waals surface area contributed by atoms with Crippen molar-refractivity contribution in [3.63, 3.8) is 0 Å². The van der Waals surface area contributed by atoms with E-state index in [0.717, 1.165) is 27.9 Å². The number of fused-ring (bicyclic) bond motifs is 2. The summed E-state index contributed by atoms with van der Waals surface area (Å²) < 4.78 is 5.41. The number of ketones is 1. The van der Waals surface area contributed by atoms with Crippen LogP contribution in [0.3, 0.4) is 0 Å². The number of Topliss-reactive ketones (excluding diaryl/α,β-unsaturated/α-hetero) is 1. The van der Waals surface area contributed by atoms with Crippen molar-refractivity contribution in [3.8, 4) is 11.3 Å². The molecule has 0 aliphatic rings. The van der Waals surface area contributed by atoms with Gasteiger partial charge in [0.05, 0.1) is 39.2 Å². The van der Waals surface area contributed by atoms with Crippen LogP contribution in [0.25, 0.3) is 33.2 Å². The van der Waals surface area contributed by atoms with Crippen LogP contribution < -0.4 is 0 Å². The van der Waals surface area contributed by atoms with Crippen LogP contribution in [0.4, 0.5) is 0 Å². The third kappa shape index (κ3) is 3.87. The maximum atomic E-state index is 13.2. The molecule has 0 aliphatic carbocycles. The molecule has 0 atom stereocenters. The molecule has 0 saturated carbocycles. The molecule has 0 fully saturated rings. The van der Waals surface area contributed by atoms with E-state index in [1.807, 2.05) is 68.4 Å². The van der Waals surface area contributed by atoms with Gasteiger partial charge in [-0.3, -0.25) is 4.79 Å². The molecule has 1 N–H and O–H groups in total. The Morgan fingerprint density at radius 3 is 2.33 bits per heavy atom. The molecule has 0 spiro atoms. The summed E-state index contributed by atoms with van der Waals surface area (Å²) in [5.74, 6) is -0.849. The summed E-state index contributed by atoms with van der Waals surface area (Å²) >= 11 is 0. The number of para-hydroxylation sites is 1. The summed E-state index contributed by atoms with van der Waals surface area (Å²) in [6.45, 7) is 3.40. The van der Waals surface area contributed by atoms with Crippen molar-refractivity contribution in [3.05, 3.63) is 95.3 Å². The Morgan fingerprint density at radius 1 is 0.848 bits per heavy atom. The van der Waals surface area contributed by atoms with Crippen LogP contribution in [0.2, 0.25) is 0 Å². The van der Waals surface area contributed by atoms with Crippen LogP contribution in [-0.4, -0.2) is 33.3 Å². The predicted molar refractivity (Wildman–Crippen MR) is 127 cm³/mol. The molecule has 162 valence electrons. The lowest BCUT2D eigenvalue weighted by molar-refractivity contribution is 0.0475. The zero-order valence-corrected chi connectivity index (χ0v) is 18.3. The van der Waals surface area contributed by atoms with E-state index in [9.17, 15) is 9.59 Å². The van der Waals surface area contributed by atoms with Gasteiger partial charge in [-0.1, -0.05) is 48.5 Å². The standard InChI is InChI=1S/C27H21N3O3/c1-16-17(2)29-23-14-19(12-13-22(23)28-16)27(32)33-15-24(31)25-20-10-6-7-11-21(20)30-26(25)18-8-4-3-5-9-18/h3-14,30H,15H2,1-2H3. The molecule has 0 saturated heterocycles. The van der Waals surface area contributed by atoms with E-state index in [-0.39, 0.29) is 12.4 Å². The lowest BCUT2D eigenvalue weighted by atomic mass is 10.0. The molecule has 0 radical (unpaired) electrons. The zero-order chi connectivity index (χ0) is 22.9. The van der Waals surface area contributed by atoms with Crippen molar-refractivity contribution in [1.29, 1.82) is 0 Å². The van der Waals surface area contributed by atoms with Gasteiger partial charge in [-0.05, 0) is 43.7 Å². The Bertz CT molecular complexity index is 1520. The van der Waals surface area contributed by atoms with Crippen molar-refractivity contribution in [1.82, 2.24) is 15.0 Å². The minimum absolute atomic E-state index is 0.272. The van der Waals surface area contributed by atoms with E-state index in [1.165, 1.54) is 0 Å². The van der Waals surface area contributed by atoms with Crippen LogP contribution >= 0.6 is 0 Å². The van der Waals surface area contributed by atoms with Gasteiger partial charge in [-0.15, -0.1) is 0 Å². The monoisotopic (exact) mass is 435 g/mol. The van der Waals surface area contributed by atoms with Crippen LogP contribution in [-0.2, 0) is 4.74 Å². The summed E-state index contributed by atoms with van der Waals surface area (Å²) in [4.78, 5) is 38.2. The van der Waals surface area contributed by atoms with E-state index >= 15 is 0 Å². The minimum Gasteiger partial charge on any atom is -0.454 e. The van der Waals surface area contributed by atoms with Crippen LogP contribution in [0.1, 0.15) is 32.1 Å². The molecule has 0 amide bonds. The second-order valence-corrected chi connectivity index (χ2v) is 7.88. The molecule has 3 aromatic carbocycles. The average molecular weight is 435 g/mol. The number of aryl methyl sites for hydroxylation is 2. The number of carbonyl (C=O) groups excluding carboxylic acids is 2. The summed E-state index contributed by atoms with van der Waals surface area (Å²) in [6.07, 6.45) is 0. The Balaban J connectivity index is 1.42. The fourth-order valence-corrected chi connectivity index (χ4v) is 3.90. The highest BCUT2D eigenvalue weighted by Gasteiger charge is 2.21. The van der Waals surface area contributed by atoms with E-state index in [1.54, 1.807) is 18.2 Å². The number of aromatic amines is 1. The number of benzene rings is 3. The molecule has 6 nitrogen and oxygen atoms in total. The van der Waals surface area contributed by atoms with Gasteiger partial charge in [0, 0.05) is 10.9 Å². The first-order valence-corrected chi connectivity index (χ1v) is 10.6. The number of hydrogen-bond donors (Lipinski definition) is 1. The average Bonchev–Trinajstić information content (AvgIpc) is 3.23.